The molecule has 0 aliphatic carbocycles. The van der Waals surface area contributed by atoms with Crippen molar-refractivity contribution in [2.45, 2.75) is 25.8 Å². The summed E-state index contributed by atoms with van der Waals surface area (Å²) in [4.78, 5) is 25.3. The van der Waals surface area contributed by atoms with Crippen molar-refractivity contribution in [1.82, 2.24) is 10.2 Å². The Bertz CT molecular complexity index is 518. The van der Waals surface area contributed by atoms with Crippen molar-refractivity contribution in [2.24, 2.45) is 5.92 Å². The van der Waals surface area contributed by atoms with Gasteiger partial charge in [-0.05, 0) is 24.1 Å². The van der Waals surface area contributed by atoms with E-state index in [1.807, 2.05) is 31.2 Å². The molecule has 20 heavy (non-hydrogen) atoms. The molecule has 0 bridgehead atoms. The molecule has 1 fully saturated rings. The Balaban J connectivity index is 2.03. The van der Waals surface area contributed by atoms with Crippen molar-refractivity contribution in [2.75, 3.05) is 13.6 Å². The minimum absolute atomic E-state index is 0.0287. The summed E-state index contributed by atoms with van der Waals surface area (Å²) in [6, 6.07) is 7.43. The van der Waals surface area contributed by atoms with E-state index in [0.29, 0.717) is 18.0 Å². The van der Waals surface area contributed by atoms with E-state index in [4.69, 9.17) is 11.6 Å². The van der Waals surface area contributed by atoms with E-state index in [0.717, 1.165) is 12.0 Å². The lowest BCUT2D eigenvalue weighted by Crippen LogP contribution is -2.34. The molecule has 0 aromatic heterocycles. The number of nitrogens with zero attached hydrogens (tertiary/aromatic N) is 1. The molecular formula is C15H19ClN2O2. The maximum atomic E-state index is 12.2. The molecule has 5 heteroatoms. The van der Waals surface area contributed by atoms with E-state index in [2.05, 4.69) is 5.32 Å². The van der Waals surface area contributed by atoms with Gasteiger partial charge in [-0.3, -0.25) is 9.59 Å². The Kier molecular flexibility index (Phi) is 4.65. The van der Waals surface area contributed by atoms with E-state index in [-0.39, 0.29) is 23.8 Å². The van der Waals surface area contributed by atoms with Crippen molar-refractivity contribution >= 4 is 23.4 Å². The van der Waals surface area contributed by atoms with Gasteiger partial charge in [0.2, 0.25) is 11.8 Å². The lowest BCUT2D eigenvalue weighted by Gasteiger charge is -2.20. The van der Waals surface area contributed by atoms with Crippen molar-refractivity contribution in [3.05, 3.63) is 34.9 Å². The number of carbonyl (C=O) groups excluding carboxylic acids is 2. The summed E-state index contributed by atoms with van der Waals surface area (Å²) in [5.74, 6) is -0.281. The van der Waals surface area contributed by atoms with Gasteiger partial charge in [0.1, 0.15) is 0 Å². The molecule has 0 unspecified atom stereocenters. The number of carbonyl (C=O) groups is 2. The van der Waals surface area contributed by atoms with Gasteiger partial charge in [-0.15, -0.1) is 0 Å². The Labute approximate surface area is 124 Å². The Hall–Kier alpha value is -1.55. The van der Waals surface area contributed by atoms with Crippen LogP contribution in [0.25, 0.3) is 0 Å². The van der Waals surface area contributed by atoms with Crippen LogP contribution in [0.15, 0.2) is 24.3 Å². The third-order valence-corrected chi connectivity index (χ3v) is 3.92. The highest BCUT2D eigenvalue weighted by atomic mass is 35.5. The largest absolute Gasteiger partial charge is 0.349 e. The molecule has 1 aliphatic rings. The molecule has 0 radical (unpaired) electrons. The molecule has 1 heterocycles. The predicted molar refractivity (Wildman–Crippen MR) is 78.4 cm³/mol. The first kappa shape index (κ1) is 14.9. The third-order valence-electron chi connectivity index (χ3n) is 3.69. The maximum absolute atomic E-state index is 12.2. The second-order valence-corrected chi connectivity index (χ2v) is 5.64. The van der Waals surface area contributed by atoms with Crippen LogP contribution in [0.1, 0.15) is 31.4 Å². The van der Waals surface area contributed by atoms with Crippen molar-refractivity contribution in [1.29, 1.82) is 0 Å². The van der Waals surface area contributed by atoms with Gasteiger partial charge in [0.25, 0.3) is 0 Å². The van der Waals surface area contributed by atoms with Crippen LogP contribution in [0.5, 0.6) is 0 Å². The first-order chi connectivity index (χ1) is 9.51. The highest BCUT2D eigenvalue weighted by Crippen LogP contribution is 2.22. The number of benzene rings is 1. The number of hydrogen-bond acceptors (Lipinski definition) is 2. The van der Waals surface area contributed by atoms with Gasteiger partial charge >= 0.3 is 0 Å². The quantitative estimate of drug-likeness (QED) is 0.927. The predicted octanol–water partition coefficient (Wildman–Crippen LogP) is 2.39. The molecular weight excluding hydrogens is 276 g/mol. The second kappa shape index (κ2) is 6.27. The standard InChI is InChI=1S/C15H19ClN2O2/c1-3-13(10-5-4-6-12(16)7-10)17-15(20)11-8-14(19)18(2)9-11/h4-7,11,13H,3,8-9H2,1-2H3,(H,17,20)/t11-,13-/m1/s1. The Morgan fingerprint density at radius 2 is 2.30 bits per heavy atom. The number of hydrogen-bond donors (Lipinski definition) is 1. The first-order valence-corrected chi connectivity index (χ1v) is 7.19. The minimum Gasteiger partial charge on any atom is -0.349 e. The van der Waals surface area contributed by atoms with Crippen LogP contribution in [0.3, 0.4) is 0 Å². The number of rotatable bonds is 4. The summed E-state index contributed by atoms with van der Waals surface area (Å²) in [7, 11) is 1.73. The van der Waals surface area contributed by atoms with Crippen LogP contribution >= 0.6 is 11.6 Å². The lowest BCUT2D eigenvalue weighted by molar-refractivity contribution is -0.128. The number of amides is 2. The van der Waals surface area contributed by atoms with E-state index < -0.39 is 0 Å². The molecule has 2 rings (SSSR count). The highest BCUT2D eigenvalue weighted by Gasteiger charge is 2.32. The highest BCUT2D eigenvalue weighted by molar-refractivity contribution is 6.30. The van der Waals surface area contributed by atoms with E-state index in [9.17, 15) is 9.59 Å². The number of likely N-dealkylation sites (tertiary alicyclic amines) is 1. The summed E-state index contributed by atoms with van der Waals surface area (Å²) in [6.45, 7) is 2.51. The van der Waals surface area contributed by atoms with Gasteiger partial charge in [0, 0.05) is 25.0 Å². The zero-order chi connectivity index (χ0) is 14.7. The van der Waals surface area contributed by atoms with E-state index in [1.165, 1.54) is 0 Å². The molecule has 0 spiro atoms. The van der Waals surface area contributed by atoms with Crippen LogP contribution in [0, 0.1) is 5.92 Å². The van der Waals surface area contributed by atoms with Crippen molar-refractivity contribution in [3.8, 4) is 0 Å². The van der Waals surface area contributed by atoms with E-state index >= 15 is 0 Å². The fraction of sp³-hybridized carbons (Fsp3) is 0.467. The Morgan fingerprint density at radius 1 is 1.55 bits per heavy atom. The van der Waals surface area contributed by atoms with Crippen LogP contribution in [0.4, 0.5) is 0 Å². The Morgan fingerprint density at radius 3 is 2.85 bits per heavy atom. The fourth-order valence-electron chi connectivity index (χ4n) is 2.47. The molecule has 0 saturated carbocycles. The third kappa shape index (κ3) is 3.31. The zero-order valence-corrected chi connectivity index (χ0v) is 12.5. The smallest absolute Gasteiger partial charge is 0.225 e. The topological polar surface area (TPSA) is 49.4 Å². The first-order valence-electron chi connectivity index (χ1n) is 6.81. The summed E-state index contributed by atoms with van der Waals surface area (Å²) < 4.78 is 0. The SMILES string of the molecule is CC[C@@H](NC(=O)[C@@H]1CC(=O)N(C)C1)c1cccc(Cl)c1. The molecule has 1 saturated heterocycles. The molecule has 1 aliphatic heterocycles. The van der Waals surface area contributed by atoms with Gasteiger partial charge in [-0.25, -0.2) is 0 Å². The summed E-state index contributed by atoms with van der Waals surface area (Å²) in [5, 5.41) is 3.68. The fourth-order valence-corrected chi connectivity index (χ4v) is 2.67. The molecule has 4 nitrogen and oxygen atoms in total. The van der Waals surface area contributed by atoms with Crippen molar-refractivity contribution < 1.29 is 9.59 Å². The van der Waals surface area contributed by atoms with Crippen LogP contribution < -0.4 is 5.32 Å². The molecule has 1 aromatic carbocycles. The van der Waals surface area contributed by atoms with Crippen LogP contribution in [0.2, 0.25) is 5.02 Å². The second-order valence-electron chi connectivity index (χ2n) is 5.20. The average molecular weight is 295 g/mol. The van der Waals surface area contributed by atoms with Gasteiger partial charge < -0.3 is 10.2 Å². The van der Waals surface area contributed by atoms with Gasteiger partial charge in [-0.2, -0.15) is 0 Å². The number of halogens is 1. The summed E-state index contributed by atoms with van der Waals surface area (Å²) in [5.41, 5.74) is 0.992. The van der Waals surface area contributed by atoms with Gasteiger partial charge in [0.15, 0.2) is 0 Å². The van der Waals surface area contributed by atoms with Crippen LogP contribution in [-0.4, -0.2) is 30.3 Å². The maximum Gasteiger partial charge on any atom is 0.225 e. The van der Waals surface area contributed by atoms with Gasteiger partial charge in [0.05, 0.1) is 12.0 Å². The molecule has 1 N–H and O–H groups in total. The molecule has 2 atom stereocenters. The molecule has 1 aromatic rings. The summed E-state index contributed by atoms with van der Waals surface area (Å²) >= 11 is 5.98. The normalized spacial score (nSPS) is 20.1. The van der Waals surface area contributed by atoms with Crippen LogP contribution in [-0.2, 0) is 9.59 Å². The number of nitrogens with one attached hydrogen (secondary N) is 1. The van der Waals surface area contributed by atoms with Gasteiger partial charge in [-0.1, -0.05) is 30.7 Å². The lowest BCUT2D eigenvalue weighted by atomic mass is 10.0. The monoisotopic (exact) mass is 294 g/mol. The average Bonchev–Trinajstić information content (AvgIpc) is 2.76. The summed E-state index contributed by atoms with van der Waals surface area (Å²) in [6.07, 6.45) is 1.08. The van der Waals surface area contributed by atoms with Crippen molar-refractivity contribution in [3.63, 3.8) is 0 Å². The molecule has 2 amide bonds. The van der Waals surface area contributed by atoms with E-state index in [1.54, 1.807) is 11.9 Å². The zero-order valence-electron chi connectivity index (χ0n) is 11.7. The molecule has 108 valence electrons. The minimum atomic E-state index is -0.249.